The molecule has 2 N–H and O–H groups in total. The van der Waals surface area contributed by atoms with Gasteiger partial charge in [0.2, 0.25) is 0 Å². The van der Waals surface area contributed by atoms with Gasteiger partial charge in [-0.05, 0) is 47.0 Å². The molecule has 1 amide bonds. The van der Waals surface area contributed by atoms with E-state index in [-0.39, 0.29) is 11.3 Å². The number of likely N-dealkylation sites (tertiary alicyclic amines) is 1. The van der Waals surface area contributed by atoms with E-state index in [0.29, 0.717) is 47.0 Å². The van der Waals surface area contributed by atoms with Crippen LogP contribution < -0.4 is 9.47 Å². The van der Waals surface area contributed by atoms with Crippen molar-refractivity contribution < 1.29 is 24.2 Å². The Hall–Kier alpha value is -3.33. The van der Waals surface area contributed by atoms with Crippen LogP contribution in [0.15, 0.2) is 23.8 Å². The zero-order chi connectivity index (χ0) is 23.6. The molecule has 0 bridgehead atoms. The number of ether oxygens (including phenoxy) is 2. The van der Waals surface area contributed by atoms with Crippen LogP contribution in [-0.2, 0) is 9.59 Å². The van der Waals surface area contributed by atoms with Gasteiger partial charge >= 0.3 is 0 Å². The second kappa shape index (κ2) is 9.44. The number of carbonyl (C=O) groups is 2. The number of Topliss-reactive ketones (excluding diaryl/α,β-unsaturated/α-hetero) is 1. The predicted molar refractivity (Wildman–Crippen MR) is 120 cm³/mol. The third-order valence-electron chi connectivity index (χ3n) is 5.64. The quantitative estimate of drug-likeness (QED) is 0.367. The average molecular weight is 443 g/mol. The van der Waals surface area contributed by atoms with E-state index in [9.17, 15) is 14.7 Å². The molecule has 0 unspecified atom stereocenters. The van der Waals surface area contributed by atoms with Crippen molar-refractivity contribution >= 4 is 17.4 Å². The van der Waals surface area contributed by atoms with Gasteiger partial charge in [0.1, 0.15) is 5.76 Å². The first-order valence-corrected chi connectivity index (χ1v) is 10.4. The molecule has 9 nitrogen and oxygen atoms in total. The fourth-order valence-electron chi connectivity index (χ4n) is 4.15. The second-order valence-electron chi connectivity index (χ2n) is 8.04. The maximum atomic E-state index is 13.2. The Morgan fingerprint density at radius 2 is 1.94 bits per heavy atom. The number of aromatic amines is 1. The van der Waals surface area contributed by atoms with E-state index in [1.54, 1.807) is 32.0 Å². The maximum Gasteiger partial charge on any atom is 0.295 e. The minimum atomic E-state index is -0.823. The smallest absolute Gasteiger partial charge is 0.295 e. The molecule has 2 heterocycles. The molecular formula is C23H30N4O5. The molecule has 1 aromatic heterocycles. The van der Waals surface area contributed by atoms with Crippen LogP contribution in [0.5, 0.6) is 11.5 Å². The molecule has 32 heavy (non-hydrogen) atoms. The van der Waals surface area contributed by atoms with E-state index in [0.717, 1.165) is 6.54 Å². The Bertz CT molecular complexity index is 1040. The Morgan fingerprint density at radius 3 is 2.50 bits per heavy atom. The first-order chi connectivity index (χ1) is 15.2. The summed E-state index contributed by atoms with van der Waals surface area (Å²) < 4.78 is 11.0. The van der Waals surface area contributed by atoms with Gasteiger partial charge in [-0.3, -0.25) is 14.7 Å². The molecule has 1 aliphatic heterocycles. The lowest BCUT2D eigenvalue weighted by Crippen LogP contribution is -2.32. The number of amides is 1. The predicted octanol–water partition coefficient (Wildman–Crippen LogP) is 2.42. The number of nitrogens with one attached hydrogen (secondary N) is 1. The summed E-state index contributed by atoms with van der Waals surface area (Å²) in [7, 11) is 6.92. The van der Waals surface area contributed by atoms with Gasteiger partial charge < -0.3 is 24.4 Å². The fourth-order valence-corrected chi connectivity index (χ4v) is 4.15. The molecule has 1 fully saturated rings. The average Bonchev–Trinajstić information content (AvgIpc) is 3.22. The first kappa shape index (κ1) is 23.3. The van der Waals surface area contributed by atoms with Crippen LogP contribution in [-0.4, -0.2) is 78.2 Å². The van der Waals surface area contributed by atoms with Crippen molar-refractivity contribution in [2.75, 3.05) is 41.4 Å². The summed E-state index contributed by atoms with van der Waals surface area (Å²) in [5.74, 6) is -0.760. The number of hydrogen-bond donors (Lipinski definition) is 2. The number of methoxy groups -OCH3 is 2. The number of aliphatic hydroxyl groups is 1. The largest absolute Gasteiger partial charge is 0.507 e. The van der Waals surface area contributed by atoms with E-state index >= 15 is 0 Å². The summed E-state index contributed by atoms with van der Waals surface area (Å²) in [6, 6.07) is 4.46. The van der Waals surface area contributed by atoms with Gasteiger partial charge in [-0.25, -0.2) is 0 Å². The van der Waals surface area contributed by atoms with Gasteiger partial charge in [0.25, 0.3) is 11.7 Å². The van der Waals surface area contributed by atoms with Gasteiger partial charge in [-0.1, -0.05) is 12.1 Å². The molecule has 1 aliphatic rings. The highest BCUT2D eigenvalue weighted by molar-refractivity contribution is 6.46. The molecule has 172 valence electrons. The summed E-state index contributed by atoms with van der Waals surface area (Å²) in [5, 5.41) is 18.2. The second-order valence-corrected chi connectivity index (χ2v) is 8.04. The molecule has 0 aliphatic carbocycles. The summed E-state index contributed by atoms with van der Waals surface area (Å²) in [6.45, 7) is 4.56. The van der Waals surface area contributed by atoms with E-state index in [1.807, 2.05) is 19.0 Å². The topological polar surface area (TPSA) is 108 Å². The van der Waals surface area contributed by atoms with Crippen molar-refractivity contribution in [3.05, 3.63) is 46.3 Å². The monoisotopic (exact) mass is 442 g/mol. The van der Waals surface area contributed by atoms with Crippen molar-refractivity contribution in [1.29, 1.82) is 0 Å². The summed E-state index contributed by atoms with van der Waals surface area (Å²) in [5.41, 5.74) is 2.14. The van der Waals surface area contributed by atoms with Crippen LogP contribution in [0.3, 0.4) is 0 Å². The highest BCUT2D eigenvalue weighted by atomic mass is 16.5. The molecular weight excluding hydrogens is 412 g/mol. The van der Waals surface area contributed by atoms with E-state index in [4.69, 9.17) is 9.47 Å². The maximum absolute atomic E-state index is 13.2. The molecule has 3 rings (SSSR count). The van der Waals surface area contributed by atoms with Gasteiger partial charge in [-0.2, -0.15) is 5.10 Å². The fraction of sp³-hybridized carbons (Fsp3) is 0.435. The summed E-state index contributed by atoms with van der Waals surface area (Å²) in [6.07, 6.45) is 0.659. The van der Waals surface area contributed by atoms with E-state index < -0.39 is 17.7 Å². The van der Waals surface area contributed by atoms with Crippen LogP contribution in [0.2, 0.25) is 0 Å². The number of para-hydroxylation sites is 1. The van der Waals surface area contributed by atoms with Crippen LogP contribution in [0.25, 0.3) is 5.76 Å². The van der Waals surface area contributed by atoms with E-state index in [1.165, 1.54) is 19.1 Å². The summed E-state index contributed by atoms with van der Waals surface area (Å²) in [4.78, 5) is 29.8. The lowest BCUT2D eigenvalue weighted by molar-refractivity contribution is -0.140. The number of nitrogens with zero attached hydrogens (tertiary/aromatic N) is 3. The van der Waals surface area contributed by atoms with Gasteiger partial charge in [0, 0.05) is 17.8 Å². The van der Waals surface area contributed by atoms with Gasteiger partial charge in [0.05, 0.1) is 37.1 Å². The van der Waals surface area contributed by atoms with Crippen molar-refractivity contribution in [2.45, 2.75) is 26.3 Å². The number of benzene rings is 1. The van der Waals surface area contributed by atoms with Crippen LogP contribution in [0.1, 0.15) is 35.0 Å². The molecule has 0 saturated carbocycles. The number of carbonyl (C=O) groups excluding carboxylic acids is 2. The lowest BCUT2D eigenvalue weighted by Gasteiger charge is -2.27. The number of hydrogen-bond acceptors (Lipinski definition) is 7. The lowest BCUT2D eigenvalue weighted by atomic mass is 9.93. The SMILES string of the molecule is COc1cccc([C@@H]2/C(=C(\O)c3c(C)n[nH]c3C)C(=O)C(=O)N2CCCN(C)C)c1OC. The zero-order valence-corrected chi connectivity index (χ0v) is 19.4. The first-order valence-electron chi connectivity index (χ1n) is 10.4. The van der Waals surface area contributed by atoms with Crippen LogP contribution in [0, 0.1) is 13.8 Å². The molecule has 0 spiro atoms. The highest BCUT2D eigenvalue weighted by Gasteiger charge is 2.47. The van der Waals surface area contributed by atoms with Crippen LogP contribution >= 0.6 is 0 Å². The summed E-state index contributed by atoms with van der Waals surface area (Å²) >= 11 is 0. The van der Waals surface area contributed by atoms with Crippen molar-refractivity contribution in [2.24, 2.45) is 0 Å². The van der Waals surface area contributed by atoms with Crippen LogP contribution in [0.4, 0.5) is 0 Å². The minimum Gasteiger partial charge on any atom is -0.507 e. The molecule has 1 saturated heterocycles. The number of aliphatic hydroxyl groups excluding tert-OH is 1. The normalized spacial score (nSPS) is 18.0. The Kier molecular flexibility index (Phi) is 6.88. The molecule has 1 aromatic carbocycles. The molecule has 0 radical (unpaired) electrons. The number of aromatic nitrogens is 2. The van der Waals surface area contributed by atoms with Gasteiger partial charge in [-0.15, -0.1) is 0 Å². The van der Waals surface area contributed by atoms with Gasteiger partial charge in [0.15, 0.2) is 11.5 Å². The minimum absolute atomic E-state index is 0.0130. The molecule has 1 atom stereocenters. The Labute approximate surface area is 187 Å². The number of H-pyrrole nitrogens is 1. The number of aryl methyl sites for hydroxylation is 2. The number of rotatable bonds is 8. The highest BCUT2D eigenvalue weighted by Crippen LogP contribution is 2.45. The van der Waals surface area contributed by atoms with Crippen molar-refractivity contribution in [1.82, 2.24) is 20.0 Å². The van der Waals surface area contributed by atoms with Crippen molar-refractivity contribution in [3.63, 3.8) is 0 Å². The Morgan fingerprint density at radius 1 is 1.22 bits per heavy atom. The standard InChI is InChI=1S/C23H30N4O5/c1-13-17(14(2)25-24-13)20(28)18-19(15-9-7-10-16(31-5)22(15)32-6)27(23(30)21(18)29)12-8-11-26(3)4/h7,9-10,19,28H,8,11-12H2,1-6H3,(H,24,25)/b20-18+/t19-/m1/s1. The third-order valence-corrected chi connectivity index (χ3v) is 5.64. The molecule has 2 aromatic rings. The Balaban J connectivity index is 2.23. The third kappa shape index (κ3) is 4.08. The zero-order valence-electron chi connectivity index (χ0n) is 19.4. The van der Waals surface area contributed by atoms with E-state index in [2.05, 4.69) is 10.2 Å². The number of ketones is 1. The van der Waals surface area contributed by atoms with Crippen molar-refractivity contribution in [3.8, 4) is 11.5 Å². The molecule has 9 heteroatoms.